The Kier molecular flexibility index (Phi) is 2.68. The molecule has 1 aromatic carbocycles. The smallest absolute Gasteiger partial charge is 0.130 e. The number of hydrogen-bond donors (Lipinski definition) is 0. The first-order valence-corrected chi connectivity index (χ1v) is 5.51. The van der Waals surface area contributed by atoms with Crippen LogP contribution in [0.25, 0.3) is 0 Å². The van der Waals surface area contributed by atoms with E-state index >= 15 is 0 Å². The molecule has 0 bridgehead atoms. The quantitative estimate of drug-likeness (QED) is 0.718. The van der Waals surface area contributed by atoms with E-state index < -0.39 is 0 Å². The molecule has 0 spiro atoms. The average Bonchev–Trinajstić information content (AvgIpc) is 2.29. The summed E-state index contributed by atoms with van der Waals surface area (Å²) in [6, 6.07) is 5.02. The lowest BCUT2D eigenvalue weighted by Gasteiger charge is -2.37. The van der Waals surface area contributed by atoms with Crippen molar-refractivity contribution in [2.24, 2.45) is 0 Å². The van der Waals surface area contributed by atoms with Gasteiger partial charge in [0.15, 0.2) is 0 Å². The summed E-state index contributed by atoms with van der Waals surface area (Å²) >= 11 is 0. The Morgan fingerprint density at radius 1 is 1.33 bits per heavy atom. The predicted molar refractivity (Wildman–Crippen MR) is 58.4 cm³/mol. The van der Waals surface area contributed by atoms with Gasteiger partial charge >= 0.3 is 0 Å². The van der Waals surface area contributed by atoms with Crippen LogP contribution in [0.3, 0.4) is 0 Å². The zero-order valence-electron chi connectivity index (χ0n) is 9.22. The zero-order valence-corrected chi connectivity index (χ0v) is 9.22. The molecular weight excluding hydrogens is 191 g/mol. The van der Waals surface area contributed by atoms with Crippen molar-refractivity contribution in [1.82, 2.24) is 0 Å². The normalized spacial score (nSPS) is 18.1. The highest BCUT2D eigenvalue weighted by Gasteiger charge is 2.33. The van der Waals surface area contributed by atoms with Gasteiger partial charge in [-0.05, 0) is 31.4 Å². The molecule has 1 aliphatic heterocycles. The molecule has 0 atom stereocenters. The minimum atomic E-state index is -0.187. The van der Waals surface area contributed by atoms with Gasteiger partial charge in [0, 0.05) is 12.0 Å². The molecule has 1 nitrogen and oxygen atoms in total. The largest absolute Gasteiger partial charge is 0.487 e. The van der Waals surface area contributed by atoms with Gasteiger partial charge in [0.05, 0.1) is 0 Å². The van der Waals surface area contributed by atoms with E-state index in [0.717, 1.165) is 19.3 Å². The molecule has 1 heterocycles. The maximum absolute atomic E-state index is 13.4. The van der Waals surface area contributed by atoms with Crippen molar-refractivity contribution >= 4 is 0 Å². The van der Waals surface area contributed by atoms with Crippen LogP contribution in [0.4, 0.5) is 4.39 Å². The first kappa shape index (κ1) is 10.5. The van der Waals surface area contributed by atoms with E-state index in [9.17, 15) is 4.39 Å². The van der Waals surface area contributed by atoms with Gasteiger partial charge < -0.3 is 4.74 Å². The highest BCUT2D eigenvalue weighted by Crippen LogP contribution is 2.38. The second kappa shape index (κ2) is 3.84. The van der Waals surface area contributed by atoms with Gasteiger partial charge in [-0.3, -0.25) is 0 Å². The molecule has 0 fully saturated rings. The van der Waals surface area contributed by atoms with Gasteiger partial charge in [-0.1, -0.05) is 19.9 Å². The van der Waals surface area contributed by atoms with Crippen LogP contribution in [-0.4, -0.2) is 5.60 Å². The third kappa shape index (κ3) is 1.73. The minimum Gasteiger partial charge on any atom is -0.487 e. The zero-order chi connectivity index (χ0) is 10.9. The number of ether oxygens (including phenoxy) is 1. The summed E-state index contributed by atoms with van der Waals surface area (Å²) in [6.07, 6.45) is 4.67. The first-order chi connectivity index (χ1) is 7.21. The summed E-state index contributed by atoms with van der Waals surface area (Å²) < 4.78 is 19.3. The number of benzene rings is 1. The molecule has 1 aliphatic rings. The Hall–Kier alpha value is -1.05. The first-order valence-electron chi connectivity index (χ1n) is 5.51. The maximum Gasteiger partial charge on any atom is 0.130 e. The summed E-state index contributed by atoms with van der Waals surface area (Å²) in [4.78, 5) is 0. The molecule has 0 unspecified atom stereocenters. The second-order valence-electron chi connectivity index (χ2n) is 4.05. The Bertz CT molecular complexity index is 356. The molecule has 2 rings (SSSR count). The topological polar surface area (TPSA) is 9.23 Å². The van der Waals surface area contributed by atoms with Crippen LogP contribution in [0.1, 0.15) is 38.7 Å². The lowest BCUT2D eigenvalue weighted by Crippen LogP contribution is -2.37. The molecule has 0 aliphatic carbocycles. The van der Waals surface area contributed by atoms with Gasteiger partial charge in [0.1, 0.15) is 17.2 Å². The number of fused-ring (bicyclic) bond motifs is 1. The van der Waals surface area contributed by atoms with Crippen molar-refractivity contribution in [1.29, 1.82) is 0 Å². The fraction of sp³-hybridized carbons (Fsp3) is 0.462. The molecule has 0 saturated carbocycles. The molecule has 0 N–H and O–H groups in total. The Morgan fingerprint density at radius 2 is 2.07 bits per heavy atom. The fourth-order valence-electron chi connectivity index (χ4n) is 2.05. The summed E-state index contributed by atoms with van der Waals surface area (Å²) in [5.74, 6) is 0.498. The van der Waals surface area contributed by atoms with E-state index in [1.807, 2.05) is 12.5 Å². The van der Waals surface area contributed by atoms with Gasteiger partial charge in [-0.25, -0.2) is 4.39 Å². The van der Waals surface area contributed by atoms with Crippen LogP contribution < -0.4 is 4.74 Å². The third-order valence-electron chi connectivity index (χ3n) is 3.31. The molecule has 15 heavy (non-hydrogen) atoms. The van der Waals surface area contributed by atoms with Gasteiger partial charge in [0.2, 0.25) is 0 Å². The number of halogens is 1. The van der Waals surface area contributed by atoms with E-state index in [1.165, 1.54) is 6.07 Å². The van der Waals surface area contributed by atoms with E-state index in [2.05, 4.69) is 13.8 Å². The minimum absolute atomic E-state index is 0.124. The maximum atomic E-state index is 13.4. The van der Waals surface area contributed by atoms with Gasteiger partial charge in [0.25, 0.3) is 0 Å². The van der Waals surface area contributed by atoms with Crippen molar-refractivity contribution in [3.05, 3.63) is 36.0 Å². The highest BCUT2D eigenvalue weighted by atomic mass is 19.1. The molecule has 1 radical (unpaired) electrons. The Labute approximate surface area is 90.3 Å². The lowest BCUT2D eigenvalue weighted by molar-refractivity contribution is 0.0500. The van der Waals surface area contributed by atoms with Gasteiger partial charge in [-0.2, -0.15) is 0 Å². The van der Waals surface area contributed by atoms with Crippen molar-refractivity contribution in [3.8, 4) is 5.75 Å². The molecular formula is C13H16FO. The third-order valence-corrected chi connectivity index (χ3v) is 3.31. The molecule has 0 aromatic heterocycles. The van der Waals surface area contributed by atoms with Crippen molar-refractivity contribution in [2.75, 3.05) is 0 Å². The number of hydrogen-bond acceptors (Lipinski definition) is 1. The summed E-state index contributed by atoms with van der Waals surface area (Å²) in [7, 11) is 0. The molecule has 0 amide bonds. The van der Waals surface area contributed by atoms with Crippen LogP contribution in [0.15, 0.2) is 18.2 Å². The molecule has 0 saturated heterocycles. The van der Waals surface area contributed by atoms with E-state index in [1.54, 1.807) is 6.07 Å². The van der Waals surface area contributed by atoms with Crippen molar-refractivity contribution < 1.29 is 9.13 Å². The van der Waals surface area contributed by atoms with Crippen LogP contribution in [0.2, 0.25) is 0 Å². The second-order valence-corrected chi connectivity index (χ2v) is 4.05. The Balaban J connectivity index is 2.34. The highest BCUT2D eigenvalue weighted by molar-refractivity contribution is 5.42. The molecule has 2 heteroatoms. The summed E-state index contributed by atoms with van der Waals surface area (Å²) in [5.41, 5.74) is 0.496. The van der Waals surface area contributed by atoms with Crippen LogP contribution in [-0.2, 0) is 0 Å². The molecule has 81 valence electrons. The SMILES string of the molecule is CCC1(CC)C[CH]c2c(F)cccc2O1. The van der Waals surface area contributed by atoms with Gasteiger partial charge in [-0.15, -0.1) is 0 Å². The molecule has 1 aromatic rings. The Morgan fingerprint density at radius 3 is 2.73 bits per heavy atom. The number of rotatable bonds is 2. The van der Waals surface area contributed by atoms with Crippen molar-refractivity contribution in [2.45, 2.75) is 38.7 Å². The van der Waals surface area contributed by atoms with E-state index in [-0.39, 0.29) is 11.4 Å². The lowest BCUT2D eigenvalue weighted by atomic mass is 9.86. The van der Waals surface area contributed by atoms with Crippen LogP contribution in [0.5, 0.6) is 5.75 Å². The van der Waals surface area contributed by atoms with E-state index in [0.29, 0.717) is 11.3 Å². The van der Waals surface area contributed by atoms with Crippen LogP contribution >= 0.6 is 0 Å². The summed E-state index contributed by atoms with van der Waals surface area (Å²) in [5, 5.41) is 0. The predicted octanol–water partition coefficient (Wildman–Crippen LogP) is 3.72. The monoisotopic (exact) mass is 207 g/mol. The average molecular weight is 207 g/mol. The standard InChI is InChI=1S/C13H16FO/c1-3-13(4-2)9-8-10-11(14)6-5-7-12(10)15-13/h5-8H,3-4,9H2,1-2H3. The van der Waals surface area contributed by atoms with E-state index in [4.69, 9.17) is 4.74 Å². The van der Waals surface area contributed by atoms with Crippen LogP contribution in [0, 0.1) is 12.2 Å². The van der Waals surface area contributed by atoms with Crippen molar-refractivity contribution in [3.63, 3.8) is 0 Å². The summed E-state index contributed by atoms with van der Waals surface area (Å²) in [6.45, 7) is 4.23. The fourth-order valence-corrected chi connectivity index (χ4v) is 2.05.